The standard InChI is InChI=1S/C20H22N2O2/c23-18(15-7-2-1-3-8-15)14-22-12-6-9-16(13-22)20-21-17-10-4-5-11-19(17)24-20/h1-5,7-8,10-11,16,18,23H,6,9,12-14H2/t16-,18+/m0/s1. The number of para-hydroxylation sites is 2. The Labute approximate surface area is 141 Å². The van der Waals surface area contributed by atoms with Crippen molar-refractivity contribution < 1.29 is 9.52 Å². The molecule has 4 rings (SSSR count). The molecule has 0 amide bonds. The fraction of sp³-hybridized carbons (Fsp3) is 0.350. The van der Waals surface area contributed by atoms with Gasteiger partial charge in [0.2, 0.25) is 0 Å². The number of aliphatic hydroxyl groups excluding tert-OH is 1. The number of likely N-dealkylation sites (tertiary alicyclic amines) is 1. The summed E-state index contributed by atoms with van der Waals surface area (Å²) < 4.78 is 5.95. The fourth-order valence-electron chi connectivity index (χ4n) is 3.51. The normalized spacial score (nSPS) is 20.3. The molecule has 124 valence electrons. The van der Waals surface area contributed by atoms with E-state index in [4.69, 9.17) is 4.42 Å². The van der Waals surface area contributed by atoms with Crippen LogP contribution in [0, 0.1) is 0 Å². The van der Waals surface area contributed by atoms with Crippen LogP contribution in [0.15, 0.2) is 59.0 Å². The van der Waals surface area contributed by atoms with Crippen molar-refractivity contribution in [3.8, 4) is 0 Å². The quantitative estimate of drug-likeness (QED) is 0.795. The summed E-state index contributed by atoms with van der Waals surface area (Å²) in [6.45, 7) is 2.55. The molecule has 2 heterocycles. The van der Waals surface area contributed by atoms with Crippen LogP contribution in [0.3, 0.4) is 0 Å². The van der Waals surface area contributed by atoms with Crippen LogP contribution in [0.4, 0.5) is 0 Å². The van der Waals surface area contributed by atoms with Gasteiger partial charge >= 0.3 is 0 Å². The third kappa shape index (κ3) is 3.21. The smallest absolute Gasteiger partial charge is 0.199 e. The molecule has 1 aromatic heterocycles. The average molecular weight is 322 g/mol. The Morgan fingerprint density at radius 2 is 1.92 bits per heavy atom. The molecule has 0 aliphatic carbocycles. The summed E-state index contributed by atoms with van der Waals surface area (Å²) in [5.74, 6) is 1.13. The first-order chi connectivity index (χ1) is 11.8. The average Bonchev–Trinajstić information content (AvgIpc) is 3.07. The molecule has 0 saturated carbocycles. The number of rotatable bonds is 4. The van der Waals surface area contributed by atoms with E-state index in [-0.39, 0.29) is 0 Å². The molecule has 0 radical (unpaired) electrons. The molecule has 1 saturated heterocycles. The maximum atomic E-state index is 10.5. The van der Waals surface area contributed by atoms with E-state index >= 15 is 0 Å². The molecular formula is C20H22N2O2. The van der Waals surface area contributed by atoms with Crippen molar-refractivity contribution in [1.82, 2.24) is 9.88 Å². The van der Waals surface area contributed by atoms with E-state index in [0.29, 0.717) is 12.5 Å². The highest BCUT2D eigenvalue weighted by Gasteiger charge is 2.26. The summed E-state index contributed by atoms with van der Waals surface area (Å²) >= 11 is 0. The number of benzene rings is 2. The van der Waals surface area contributed by atoms with Crippen molar-refractivity contribution in [3.05, 3.63) is 66.1 Å². The first kappa shape index (κ1) is 15.4. The second-order valence-corrected chi connectivity index (χ2v) is 6.55. The summed E-state index contributed by atoms with van der Waals surface area (Å²) in [6.07, 6.45) is 1.74. The van der Waals surface area contributed by atoms with Gasteiger partial charge in [0, 0.05) is 19.0 Å². The number of aliphatic hydroxyl groups is 1. The molecule has 3 aromatic rings. The van der Waals surface area contributed by atoms with Crippen LogP contribution in [-0.2, 0) is 0 Å². The molecule has 0 spiro atoms. The van der Waals surface area contributed by atoms with Gasteiger partial charge in [-0.1, -0.05) is 42.5 Å². The molecule has 2 aromatic carbocycles. The molecule has 4 heteroatoms. The molecule has 4 nitrogen and oxygen atoms in total. The molecule has 24 heavy (non-hydrogen) atoms. The van der Waals surface area contributed by atoms with Crippen molar-refractivity contribution in [3.63, 3.8) is 0 Å². The Bertz CT molecular complexity index is 767. The van der Waals surface area contributed by atoms with Gasteiger partial charge in [0.1, 0.15) is 5.52 Å². The third-order valence-corrected chi connectivity index (χ3v) is 4.78. The minimum Gasteiger partial charge on any atom is -0.440 e. The number of β-amino-alcohol motifs (C(OH)–C–C–N with tert-alkyl or cyclic N) is 1. The molecule has 1 aliphatic rings. The second-order valence-electron chi connectivity index (χ2n) is 6.55. The van der Waals surface area contributed by atoms with Gasteiger partial charge in [-0.25, -0.2) is 4.98 Å². The molecule has 1 N–H and O–H groups in total. The Balaban J connectivity index is 1.45. The van der Waals surface area contributed by atoms with E-state index in [1.165, 1.54) is 0 Å². The molecule has 0 unspecified atom stereocenters. The van der Waals surface area contributed by atoms with Gasteiger partial charge in [0.15, 0.2) is 11.5 Å². The maximum absolute atomic E-state index is 10.5. The highest BCUT2D eigenvalue weighted by molar-refractivity contribution is 5.72. The lowest BCUT2D eigenvalue weighted by molar-refractivity contribution is 0.0923. The first-order valence-electron chi connectivity index (χ1n) is 8.60. The maximum Gasteiger partial charge on any atom is 0.199 e. The Morgan fingerprint density at radius 3 is 2.75 bits per heavy atom. The molecule has 2 atom stereocenters. The highest BCUT2D eigenvalue weighted by Crippen LogP contribution is 2.29. The predicted molar refractivity (Wildman–Crippen MR) is 93.8 cm³/mol. The number of nitrogens with zero attached hydrogens (tertiary/aromatic N) is 2. The molecule has 1 aliphatic heterocycles. The van der Waals surface area contributed by atoms with Crippen LogP contribution in [-0.4, -0.2) is 34.6 Å². The number of aromatic nitrogens is 1. The molecule has 0 bridgehead atoms. The largest absolute Gasteiger partial charge is 0.440 e. The summed E-state index contributed by atoms with van der Waals surface area (Å²) in [6, 6.07) is 17.8. The SMILES string of the molecule is O[C@H](CN1CCC[C@H](c2nc3ccccc3o2)C1)c1ccccc1. The van der Waals surface area contributed by atoms with E-state index in [0.717, 1.165) is 48.5 Å². The summed E-state index contributed by atoms with van der Waals surface area (Å²) in [7, 11) is 0. The Kier molecular flexibility index (Phi) is 4.32. The van der Waals surface area contributed by atoms with Crippen molar-refractivity contribution in [1.29, 1.82) is 0 Å². The monoisotopic (exact) mass is 322 g/mol. The minimum absolute atomic E-state index is 0.300. The van der Waals surface area contributed by atoms with Gasteiger partial charge in [-0.15, -0.1) is 0 Å². The first-order valence-corrected chi connectivity index (χ1v) is 8.60. The summed E-state index contributed by atoms with van der Waals surface area (Å²) in [4.78, 5) is 6.97. The topological polar surface area (TPSA) is 49.5 Å². The molecule has 1 fully saturated rings. The van der Waals surface area contributed by atoms with Crippen molar-refractivity contribution in [2.75, 3.05) is 19.6 Å². The van der Waals surface area contributed by atoms with E-state index in [1.54, 1.807) is 0 Å². The number of oxazole rings is 1. The van der Waals surface area contributed by atoms with Gasteiger partial charge in [0.25, 0.3) is 0 Å². The lowest BCUT2D eigenvalue weighted by Gasteiger charge is -2.32. The minimum atomic E-state index is -0.450. The Hall–Kier alpha value is -2.17. The second kappa shape index (κ2) is 6.75. The van der Waals surface area contributed by atoms with Crippen molar-refractivity contribution in [2.24, 2.45) is 0 Å². The van der Waals surface area contributed by atoms with E-state index in [2.05, 4.69) is 9.88 Å². The van der Waals surface area contributed by atoms with Crippen molar-refractivity contribution >= 4 is 11.1 Å². The third-order valence-electron chi connectivity index (χ3n) is 4.78. The predicted octanol–water partition coefficient (Wildman–Crippen LogP) is 3.74. The Morgan fingerprint density at radius 1 is 1.12 bits per heavy atom. The van der Waals surface area contributed by atoms with Crippen LogP contribution in [0.5, 0.6) is 0 Å². The van der Waals surface area contributed by atoms with Crippen LogP contribution in [0.1, 0.15) is 36.3 Å². The van der Waals surface area contributed by atoms with Gasteiger partial charge in [-0.3, -0.25) is 4.90 Å². The number of hydrogen-bond donors (Lipinski definition) is 1. The van der Waals surface area contributed by atoms with Gasteiger partial charge in [-0.2, -0.15) is 0 Å². The van der Waals surface area contributed by atoms with Gasteiger partial charge < -0.3 is 9.52 Å². The zero-order valence-electron chi connectivity index (χ0n) is 13.6. The van der Waals surface area contributed by atoms with E-state index < -0.39 is 6.10 Å². The lowest BCUT2D eigenvalue weighted by Crippen LogP contribution is -2.37. The van der Waals surface area contributed by atoms with Crippen LogP contribution < -0.4 is 0 Å². The lowest BCUT2D eigenvalue weighted by atomic mass is 9.97. The van der Waals surface area contributed by atoms with Crippen LogP contribution >= 0.6 is 0 Å². The van der Waals surface area contributed by atoms with Gasteiger partial charge in [-0.05, 0) is 37.1 Å². The highest BCUT2D eigenvalue weighted by atomic mass is 16.3. The zero-order chi connectivity index (χ0) is 16.4. The van der Waals surface area contributed by atoms with Crippen LogP contribution in [0.2, 0.25) is 0 Å². The van der Waals surface area contributed by atoms with Crippen LogP contribution in [0.25, 0.3) is 11.1 Å². The zero-order valence-corrected chi connectivity index (χ0v) is 13.6. The van der Waals surface area contributed by atoms with Gasteiger partial charge in [0.05, 0.1) is 6.10 Å². The number of fused-ring (bicyclic) bond motifs is 1. The number of piperidine rings is 1. The fourth-order valence-corrected chi connectivity index (χ4v) is 3.51. The van der Waals surface area contributed by atoms with Crippen molar-refractivity contribution in [2.45, 2.75) is 24.9 Å². The van der Waals surface area contributed by atoms with E-state index in [1.807, 2.05) is 54.6 Å². The van der Waals surface area contributed by atoms with E-state index in [9.17, 15) is 5.11 Å². The summed E-state index contributed by atoms with van der Waals surface area (Å²) in [5.41, 5.74) is 2.75. The number of hydrogen-bond acceptors (Lipinski definition) is 4. The molecular weight excluding hydrogens is 300 g/mol. The summed E-state index contributed by atoms with van der Waals surface area (Å²) in [5, 5.41) is 10.5.